The molecular formula is C21H29ClN4O3SSi. The number of thiazole rings is 1. The van der Waals surface area contributed by atoms with Crippen molar-refractivity contribution in [3.63, 3.8) is 0 Å². The quantitative estimate of drug-likeness (QED) is 0.313. The van der Waals surface area contributed by atoms with Gasteiger partial charge in [0.1, 0.15) is 26.6 Å². The molecule has 0 radical (unpaired) electrons. The third-order valence-corrected chi connectivity index (χ3v) is 11.6. The smallest absolute Gasteiger partial charge is 0.349 e. The predicted molar refractivity (Wildman–Crippen MR) is 127 cm³/mol. The van der Waals surface area contributed by atoms with Crippen molar-refractivity contribution in [2.75, 3.05) is 13.7 Å². The maximum Gasteiger partial charge on any atom is 0.349 e. The summed E-state index contributed by atoms with van der Waals surface area (Å²) in [6.07, 6.45) is 5.79. The van der Waals surface area contributed by atoms with Gasteiger partial charge in [-0.05, 0) is 24.6 Å². The molecule has 168 valence electrons. The molecule has 0 N–H and O–H groups in total. The van der Waals surface area contributed by atoms with Crippen LogP contribution in [-0.4, -0.2) is 47.4 Å². The topological polar surface area (TPSA) is 78.6 Å². The Labute approximate surface area is 192 Å². The molecule has 3 aromatic heterocycles. The molecule has 1 atom stereocenters. The van der Waals surface area contributed by atoms with Gasteiger partial charge in [0.25, 0.3) is 0 Å². The lowest BCUT2D eigenvalue weighted by atomic mass is 10.1. The van der Waals surface area contributed by atoms with Crippen LogP contribution >= 0.6 is 22.9 Å². The Morgan fingerprint density at radius 2 is 2.00 bits per heavy atom. The van der Waals surface area contributed by atoms with Crippen LogP contribution in [0, 0.1) is 0 Å². The molecule has 10 heteroatoms. The fraction of sp³-hybridized carbons (Fsp3) is 0.524. The molecule has 0 saturated carbocycles. The number of aromatic nitrogens is 4. The summed E-state index contributed by atoms with van der Waals surface area (Å²) in [5.41, 5.74) is 1.47. The molecular weight excluding hydrogens is 452 g/mol. The summed E-state index contributed by atoms with van der Waals surface area (Å²) in [5.74, 6) is 0.581. The number of carbonyl (C=O) groups excluding carboxylic acids is 1. The summed E-state index contributed by atoms with van der Waals surface area (Å²) in [6, 6.07) is 0. The minimum absolute atomic E-state index is 0.129. The highest BCUT2D eigenvalue weighted by Crippen LogP contribution is 2.37. The molecule has 0 aromatic carbocycles. The van der Waals surface area contributed by atoms with Gasteiger partial charge in [-0.3, -0.25) is 4.40 Å². The Kier molecular flexibility index (Phi) is 6.90. The maximum absolute atomic E-state index is 11.8. The van der Waals surface area contributed by atoms with Gasteiger partial charge in [-0.25, -0.2) is 19.7 Å². The molecule has 0 aliphatic carbocycles. The van der Waals surface area contributed by atoms with Crippen molar-refractivity contribution < 1.29 is 14.0 Å². The molecule has 0 bridgehead atoms. The van der Waals surface area contributed by atoms with E-state index in [9.17, 15) is 4.79 Å². The summed E-state index contributed by atoms with van der Waals surface area (Å²) >= 11 is 7.42. The first-order chi connectivity index (χ1) is 14.4. The van der Waals surface area contributed by atoms with Crippen LogP contribution in [0.1, 0.15) is 55.5 Å². The Balaban J connectivity index is 1.90. The lowest BCUT2D eigenvalue weighted by Gasteiger charge is -2.36. The van der Waals surface area contributed by atoms with Gasteiger partial charge in [0.05, 0.1) is 25.0 Å². The van der Waals surface area contributed by atoms with Gasteiger partial charge in [-0.1, -0.05) is 39.3 Å². The van der Waals surface area contributed by atoms with Gasteiger partial charge < -0.3 is 9.16 Å². The highest BCUT2D eigenvalue weighted by molar-refractivity contribution is 7.16. The Bertz CT molecular complexity index is 1090. The van der Waals surface area contributed by atoms with Crippen LogP contribution in [0.25, 0.3) is 16.2 Å². The van der Waals surface area contributed by atoms with E-state index in [1.54, 1.807) is 12.4 Å². The third kappa shape index (κ3) is 5.00. The molecule has 0 aliphatic heterocycles. The van der Waals surface area contributed by atoms with Crippen molar-refractivity contribution in [3.05, 3.63) is 34.4 Å². The second-order valence-corrected chi connectivity index (χ2v) is 15.3. The van der Waals surface area contributed by atoms with Crippen molar-refractivity contribution >= 4 is 42.7 Å². The number of rotatable bonds is 7. The summed E-state index contributed by atoms with van der Waals surface area (Å²) < 4.78 is 13.1. The minimum Gasteiger partial charge on any atom is -0.465 e. The number of esters is 1. The second-order valence-electron chi connectivity index (χ2n) is 9.10. The lowest BCUT2D eigenvalue weighted by Crippen LogP contribution is -2.41. The molecule has 3 heterocycles. The van der Waals surface area contributed by atoms with Crippen molar-refractivity contribution in [1.29, 1.82) is 0 Å². The molecule has 7 nitrogen and oxygen atoms in total. The van der Waals surface area contributed by atoms with E-state index >= 15 is 0 Å². The van der Waals surface area contributed by atoms with Gasteiger partial charge in [-0.2, -0.15) is 0 Å². The van der Waals surface area contributed by atoms with Crippen molar-refractivity contribution in [3.8, 4) is 10.7 Å². The van der Waals surface area contributed by atoms with Crippen molar-refractivity contribution in [2.45, 2.75) is 58.2 Å². The Morgan fingerprint density at radius 1 is 1.29 bits per heavy atom. The number of ether oxygens (including phenoxy) is 1. The number of hydrogen-bond acceptors (Lipinski definition) is 7. The zero-order valence-corrected chi connectivity index (χ0v) is 21.6. The molecule has 3 rings (SSSR count). The van der Waals surface area contributed by atoms with Gasteiger partial charge in [0, 0.05) is 18.7 Å². The summed E-state index contributed by atoms with van der Waals surface area (Å²) in [7, 11) is -0.452. The van der Waals surface area contributed by atoms with Crippen LogP contribution in [0.4, 0.5) is 0 Å². The van der Waals surface area contributed by atoms with E-state index in [1.807, 2.05) is 4.40 Å². The van der Waals surface area contributed by atoms with E-state index in [0.29, 0.717) is 27.3 Å². The average Bonchev–Trinajstić information content (AvgIpc) is 3.30. The van der Waals surface area contributed by atoms with E-state index in [2.05, 4.69) is 50.8 Å². The standard InChI is InChI=1S/C21H29ClN4O3SSi/c1-13(8-9-29-31(6,7)21(2,3)4)18-25-17(14-10-23-16(22)12-26(14)18)19-24-11-15(30-19)20(27)28-5/h10-13H,8-9H2,1-7H3/t13-/m0/s1. The fourth-order valence-electron chi connectivity index (χ4n) is 2.90. The van der Waals surface area contributed by atoms with Crippen molar-refractivity contribution in [1.82, 2.24) is 19.4 Å². The van der Waals surface area contributed by atoms with E-state index in [1.165, 1.54) is 24.6 Å². The molecule has 0 unspecified atom stereocenters. The van der Waals surface area contributed by atoms with Crippen LogP contribution in [-0.2, 0) is 9.16 Å². The molecule has 0 spiro atoms. The summed E-state index contributed by atoms with van der Waals surface area (Å²) in [5, 5.41) is 1.19. The Hall–Kier alpha value is -1.81. The predicted octanol–water partition coefficient (Wildman–Crippen LogP) is 5.81. The van der Waals surface area contributed by atoms with E-state index in [4.69, 9.17) is 25.7 Å². The molecule has 0 fully saturated rings. The fourth-order valence-corrected chi connectivity index (χ4v) is 4.95. The normalized spacial score (nSPS) is 13.5. The highest BCUT2D eigenvalue weighted by Gasteiger charge is 2.37. The average molecular weight is 481 g/mol. The first kappa shape index (κ1) is 23.8. The number of halogens is 1. The number of hydrogen-bond donors (Lipinski definition) is 0. The minimum atomic E-state index is -1.80. The number of fused-ring (bicyclic) bond motifs is 1. The zero-order chi connectivity index (χ0) is 23.0. The molecule has 0 saturated heterocycles. The van der Waals surface area contributed by atoms with Gasteiger partial charge in [-0.15, -0.1) is 11.3 Å². The van der Waals surface area contributed by atoms with E-state index in [-0.39, 0.29) is 11.0 Å². The largest absolute Gasteiger partial charge is 0.465 e. The maximum atomic E-state index is 11.8. The van der Waals surface area contributed by atoms with Gasteiger partial charge >= 0.3 is 5.97 Å². The molecule has 3 aromatic rings. The molecule has 0 aliphatic rings. The Morgan fingerprint density at radius 3 is 2.65 bits per heavy atom. The van der Waals surface area contributed by atoms with Crippen LogP contribution in [0.2, 0.25) is 23.3 Å². The summed E-state index contributed by atoms with van der Waals surface area (Å²) in [6.45, 7) is 14.0. The second kappa shape index (κ2) is 8.97. The number of carbonyl (C=O) groups is 1. The van der Waals surface area contributed by atoms with Crippen LogP contribution in [0.5, 0.6) is 0 Å². The van der Waals surface area contributed by atoms with Crippen LogP contribution in [0.3, 0.4) is 0 Å². The van der Waals surface area contributed by atoms with E-state index in [0.717, 1.165) is 17.8 Å². The first-order valence-electron chi connectivity index (χ1n) is 10.2. The highest BCUT2D eigenvalue weighted by atomic mass is 35.5. The molecule has 0 amide bonds. The monoisotopic (exact) mass is 480 g/mol. The van der Waals surface area contributed by atoms with Gasteiger partial charge in [0.15, 0.2) is 8.32 Å². The van der Waals surface area contributed by atoms with Crippen molar-refractivity contribution in [2.24, 2.45) is 0 Å². The van der Waals surface area contributed by atoms with E-state index < -0.39 is 14.3 Å². The number of nitrogens with zero attached hydrogens (tertiary/aromatic N) is 4. The van der Waals surface area contributed by atoms with Gasteiger partial charge in [0.2, 0.25) is 0 Å². The number of imidazole rings is 1. The first-order valence-corrected chi connectivity index (χ1v) is 14.3. The summed E-state index contributed by atoms with van der Waals surface area (Å²) in [4.78, 5) is 25.7. The van der Waals surface area contributed by atoms with Crippen LogP contribution < -0.4 is 0 Å². The third-order valence-electron chi connectivity index (χ3n) is 5.88. The number of methoxy groups -OCH3 is 1. The van der Waals surface area contributed by atoms with Crippen LogP contribution in [0.15, 0.2) is 18.6 Å². The SMILES string of the molecule is COC(=O)c1cnc(-c2nc([C@@H](C)CCO[Si](C)(C)C(C)(C)C)n3cc(Cl)ncc23)s1. The zero-order valence-electron chi connectivity index (χ0n) is 19.0. The molecule has 31 heavy (non-hydrogen) atoms. The lowest BCUT2D eigenvalue weighted by molar-refractivity contribution is 0.0606.